The fourth-order valence-corrected chi connectivity index (χ4v) is 5.00. The Morgan fingerprint density at radius 3 is 2.40 bits per heavy atom. The molecule has 4 nitrogen and oxygen atoms in total. The molecule has 2 N–H and O–H groups in total. The van der Waals surface area contributed by atoms with Crippen LogP contribution in [-0.2, 0) is 14.6 Å². The average molecular weight is 362 g/mol. The molecule has 1 aliphatic carbocycles. The highest BCUT2D eigenvalue weighted by Crippen LogP contribution is 2.54. The second kappa shape index (κ2) is 5.75. The molecular weight excluding hydrogens is 342 g/mol. The van der Waals surface area contributed by atoms with Crippen molar-refractivity contribution < 1.29 is 13.2 Å². The van der Waals surface area contributed by atoms with Gasteiger partial charge in [-0.25, -0.2) is 8.42 Å². The van der Waals surface area contributed by atoms with Crippen LogP contribution in [0.25, 0.3) is 0 Å². The van der Waals surface area contributed by atoms with E-state index in [0.29, 0.717) is 6.61 Å². The smallest absolute Gasteiger partial charge is 0.155 e. The summed E-state index contributed by atoms with van der Waals surface area (Å²) < 4.78 is 30.9. The third kappa shape index (κ3) is 2.79. The molecular formula is C14H20BrNO3S. The number of benzene rings is 1. The van der Waals surface area contributed by atoms with Gasteiger partial charge < -0.3 is 10.5 Å². The zero-order valence-electron chi connectivity index (χ0n) is 11.7. The molecule has 1 saturated carbocycles. The minimum Gasteiger partial charge on any atom is -0.380 e. The van der Waals surface area contributed by atoms with Crippen LogP contribution in [0.5, 0.6) is 0 Å². The fraction of sp³-hybridized carbons (Fsp3) is 0.571. The van der Waals surface area contributed by atoms with Gasteiger partial charge in [-0.05, 0) is 24.6 Å². The Morgan fingerprint density at radius 1 is 1.30 bits per heavy atom. The lowest BCUT2D eigenvalue weighted by Gasteiger charge is -2.12. The molecule has 1 aromatic rings. The van der Waals surface area contributed by atoms with E-state index in [1.165, 1.54) is 0 Å². The maximum Gasteiger partial charge on any atom is 0.155 e. The molecule has 0 bridgehead atoms. The fourth-order valence-electron chi connectivity index (χ4n) is 2.75. The van der Waals surface area contributed by atoms with E-state index in [0.717, 1.165) is 10.0 Å². The third-order valence-electron chi connectivity index (χ3n) is 3.88. The van der Waals surface area contributed by atoms with Gasteiger partial charge in [-0.2, -0.15) is 0 Å². The largest absolute Gasteiger partial charge is 0.380 e. The van der Waals surface area contributed by atoms with E-state index in [1.54, 1.807) is 6.92 Å². The lowest BCUT2D eigenvalue weighted by atomic mass is 10.1. The summed E-state index contributed by atoms with van der Waals surface area (Å²) in [5.74, 6) is -0.0810. The van der Waals surface area contributed by atoms with Crippen molar-refractivity contribution in [3.05, 3.63) is 34.3 Å². The van der Waals surface area contributed by atoms with Crippen molar-refractivity contribution in [2.45, 2.75) is 30.6 Å². The summed E-state index contributed by atoms with van der Waals surface area (Å²) in [6.45, 7) is 4.34. The number of ether oxygens (including phenoxy) is 1. The Balaban J connectivity index is 2.32. The molecule has 0 aromatic heterocycles. The van der Waals surface area contributed by atoms with Gasteiger partial charge in [-0.15, -0.1) is 0 Å². The molecule has 0 spiro atoms. The minimum absolute atomic E-state index is 0.107. The highest BCUT2D eigenvalue weighted by Gasteiger charge is 2.68. The molecule has 6 heteroatoms. The molecule has 0 saturated heterocycles. The van der Waals surface area contributed by atoms with Crippen molar-refractivity contribution in [3.8, 4) is 0 Å². The molecule has 20 heavy (non-hydrogen) atoms. The summed E-state index contributed by atoms with van der Waals surface area (Å²) in [5, 5.41) is -0.548. The van der Waals surface area contributed by atoms with Crippen LogP contribution in [-0.4, -0.2) is 38.2 Å². The highest BCUT2D eigenvalue weighted by atomic mass is 79.9. The van der Waals surface area contributed by atoms with Crippen molar-refractivity contribution >= 4 is 25.8 Å². The van der Waals surface area contributed by atoms with Crippen molar-refractivity contribution in [2.75, 3.05) is 19.0 Å². The predicted octanol–water partition coefficient (Wildman–Crippen LogP) is 2.08. The third-order valence-corrected chi connectivity index (χ3v) is 6.70. The van der Waals surface area contributed by atoms with E-state index in [9.17, 15) is 8.42 Å². The minimum atomic E-state index is -3.19. The zero-order chi connectivity index (χ0) is 15.0. The number of hydrogen-bond acceptors (Lipinski definition) is 4. The summed E-state index contributed by atoms with van der Waals surface area (Å²) in [7, 11) is -3.19. The molecule has 112 valence electrons. The van der Waals surface area contributed by atoms with Gasteiger partial charge in [0.05, 0.1) is 17.4 Å². The second-order valence-electron chi connectivity index (χ2n) is 5.15. The van der Waals surface area contributed by atoms with Crippen LogP contribution in [0.1, 0.15) is 25.3 Å². The molecule has 0 amide bonds. The molecule has 2 rings (SSSR count). The number of halogens is 1. The van der Waals surface area contributed by atoms with E-state index >= 15 is 0 Å². The van der Waals surface area contributed by atoms with Crippen LogP contribution in [0, 0.1) is 0 Å². The lowest BCUT2D eigenvalue weighted by Crippen LogP contribution is -2.36. The van der Waals surface area contributed by atoms with Gasteiger partial charge >= 0.3 is 0 Å². The van der Waals surface area contributed by atoms with Crippen LogP contribution >= 0.6 is 15.9 Å². The molecule has 0 radical (unpaired) electrons. The van der Waals surface area contributed by atoms with Gasteiger partial charge in [0.1, 0.15) is 0 Å². The molecule has 0 aliphatic heterocycles. The van der Waals surface area contributed by atoms with Crippen LogP contribution in [0.4, 0.5) is 0 Å². The number of rotatable bonds is 6. The van der Waals surface area contributed by atoms with E-state index in [2.05, 4.69) is 15.9 Å². The van der Waals surface area contributed by atoms with Crippen molar-refractivity contribution in [3.63, 3.8) is 0 Å². The Morgan fingerprint density at radius 2 is 1.90 bits per heavy atom. The first-order chi connectivity index (χ1) is 9.36. The molecule has 1 aliphatic rings. The topological polar surface area (TPSA) is 69.4 Å². The summed E-state index contributed by atoms with van der Waals surface area (Å²) >= 11 is 3.38. The average Bonchev–Trinajstić information content (AvgIpc) is 3.05. The first kappa shape index (κ1) is 15.9. The standard InChI is InChI=1S/C14H20BrNO3S/c1-3-19-9-14(16)12(13(14)20(17,18)4-2)10-5-7-11(15)8-6-10/h5-8,12-13H,3-4,9,16H2,1-2H3/t12-,13-,14+/m1/s1. The van der Waals surface area contributed by atoms with E-state index in [4.69, 9.17) is 10.5 Å². The monoisotopic (exact) mass is 361 g/mol. The SMILES string of the molecule is CCOC[C@]1(N)[C@H](c2ccc(Br)cc2)[C@H]1S(=O)(=O)CC. The zero-order valence-corrected chi connectivity index (χ0v) is 14.1. The maximum absolute atomic E-state index is 12.2. The van der Waals surface area contributed by atoms with Gasteiger partial charge in [0.25, 0.3) is 0 Å². The summed E-state index contributed by atoms with van der Waals surface area (Å²) in [6, 6.07) is 7.66. The normalized spacial score (nSPS) is 29.4. The van der Waals surface area contributed by atoms with Gasteiger partial charge in [0.2, 0.25) is 0 Å². The van der Waals surface area contributed by atoms with Gasteiger partial charge in [0, 0.05) is 22.8 Å². The van der Waals surface area contributed by atoms with Crippen molar-refractivity contribution in [1.29, 1.82) is 0 Å². The Labute approximate surface area is 128 Å². The first-order valence-electron chi connectivity index (χ1n) is 6.70. The number of sulfone groups is 1. The quantitative estimate of drug-likeness (QED) is 0.841. The van der Waals surface area contributed by atoms with Crippen LogP contribution in [0.3, 0.4) is 0 Å². The molecule has 1 aromatic carbocycles. The summed E-state index contributed by atoms with van der Waals surface area (Å²) in [4.78, 5) is 0. The van der Waals surface area contributed by atoms with Crippen LogP contribution in [0.2, 0.25) is 0 Å². The Bertz CT molecular complexity index is 573. The Hall–Kier alpha value is -0.430. The van der Waals surface area contributed by atoms with Gasteiger partial charge in [0.15, 0.2) is 9.84 Å². The lowest BCUT2D eigenvalue weighted by molar-refractivity contribution is 0.125. The predicted molar refractivity (Wildman–Crippen MR) is 83.5 cm³/mol. The molecule has 3 atom stereocenters. The van der Waals surface area contributed by atoms with Crippen molar-refractivity contribution in [2.24, 2.45) is 5.73 Å². The van der Waals surface area contributed by atoms with Crippen LogP contribution < -0.4 is 5.73 Å². The van der Waals surface area contributed by atoms with Crippen LogP contribution in [0.15, 0.2) is 28.7 Å². The van der Waals surface area contributed by atoms with Gasteiger partial charge in [-0.1, -0.05) is 35.0 Å². The van der Waals surface area contributed by atoms with E-state index in [-0.39, 0.29) is 18.3 Å². The molecule has 0 heterocycles. The molecule has 1 fully saturated rings. The summed E-state index contributed by atoms with van der Waals surface area (Å²) in [5.41, 5.74) is 6.49. The van der Waals surface area contributed by atoms with E-state index < -0.39 is 20.6 Å². The molecule has 0 unspecified atom stereocenters. The van der Waals surface area contributed by atoms with Gasteiger partial charge in [-0.3, -0.25) is 0 Å². The van der Waals surface area contributed by atoms with E-state index in [1.807, 2.05) is 31.2 Å². The maximum atomic E-state index is 12.2. The summed E-state index contributed by atoms with van der Waals surface area (Å²) in [6.07, 6.45) is 0. The second-order valence-corrected chi connectivity index (χ2v) is 8.48. The number of hydrogen-bond donors (Lipinski definition) is 1. The number of nitrogens with two attached hydrogens (primary N) is 1. The highest BCUT2D eigenvalue weighted by molar-refractivity contribution is 9.10. The first-order valence-corrected chi connectivity index (χ1v) is 9.21. The Kier molecular flexibility index (Phi) is 4.59. The van der Waals surface area contributed by atoms with Crippen molar-refractivity contribution in [1.82, 2.24) is 0 Å².